The third-order valence-electron chi connectivity index (χ3n) is 5.07. The molecule has 0 N–H and O–H groups in total. The minimum atomic E-state index is -0.172. The van der Waals surface area contributed by atoms with Gasteiger partial charge in [0.15, 0.2) is 11.8 Å². The Bertz CT molecular complexity index is 824. The molecule has 2 amide bonds. The molecule has 8 heteroatoms. The van der Waals surface area contributed by atoms with Gasteiger partial charge in [0.2, 0.25) is 11.5 Å². The van der Waals surface area contributed by atoms with Crippen LogP contribution in [0.2, 0.25) is 0 Å². The molecule has 1 aliphatic heterocycles. The van der Waals surface area contributed by atoms with E-state index in [2.05, 4.69) is 9.97 Å². The smallest absolute Gasteiger partial charge is 0.291 e. The molecule has 3 heterocycles. The first-order valence-corrected chi connectivity index (χ1v) is 10.2. The number of aryl methyl sites for hydroxylation is 2. The lowest BCUT2D eigenvalue weighted by Crippen LogP contribution is -2.37. The summed E-state index contributed by atoms with van der Waals surface area (Å²) in [5, 5.41) is 0. The lowest BCUT2D eigenvalue weighted by molar-refractivity contribution is 0.0683. The summed E-state index contributed by atoms with van der Waals surface area (Å²) in [6, 6.07) is 0. The number of hydrogen-bond donors (Lipinski definition) is 0. The van der Waals surface area contributed by atoms with Crippen molar-refractivity contribution >= 4 is 11.8 Å². The lowest BCUT2D eigenvalue weighted by Gasteiger charge is -2.21. The molecule has 0 atom stereocenters. The molecule has 1 fully saturated rings. The van der Waals surface area contributed by atoms with Crippen molar-refractivity contribution < 1.29 is 18.4 Å². The maximum Gasteiger partial charge on any atom is 0.291 e. The van der Waals surface area contributed by atoms with Crippen LogP contribution in [-0.4, -0.2) is 57.8 Å². The Morgan fingerprint density at radius 2 is 1.14 bits per heavy atom. The molecule has 0 radical (unpaired) electrons. The maximum absolute atomic E-state index is 12.9. The van der Waals surface area contributed by atoms with Crippen molar-refractivity contribution in [2.45, 2.75) is 59.8 Å². The zero-order valence-corrected chi connectivity index (χ0v) is 18.1. The van der Waals surface area contributed by atoms with E-state index in [0.29, 0.717) is 67.3 Å². The molecule has 0 bridgehead atoms. The van der Waals surface area contributed by atoms with Crippen LogP contribution >= 0.6 is 0 Å². The summed E-state index contributed by atoms with van der Waals surface area (Å²) in [5.41, 5.74) is 1.21. The molecule has 0 saturated carbocycles. The van der Waals surface area contributed by atoms with Gasteiger partial charge in [0.05, 0.1) is 11.4 Å². The number of nitrogens with zero attached hydrogens (tertiary/aromatic N) is 4. The van der Waals surface area contributed by atoms with E-state index >= 15 is 0 Å². The van der Waals surface area contributed by atoms with E-state index < -0.39 is 0 Å². The van der Waals surface area contributed by atoms with Crippen molar-refractivity contribution in [3.63, 3.8) is 0 Å². The molecular formula is C21H30N4O4. The number of rotatable bonds is 4. The summed E-state index contributed by atoms with van der Waals surface area (Å²) in [7, 11) is 0. The van der Waals surface area contributed by atoms with E-state index in [9.17, 15) is 9.59 Å². The third kappa shape index (κ3) is 4.36. The first kappa shape index (κ1) is 21.1. The normalized spacial score (nSPS) is 15.3. The molecule has 3 rings (SSSR count). The number of carbonyl (C=O) groups excluding carboxylic acids is 2. The Balaban J connectivity index is 1.70. The summed E-state index contributed by atoms with van der Waals surface area (Å²) in [6.07, 6.45) is 0.686. The summed E-state index contributed by atoms with van der Waals surface area (Å²) in [4.78, 5) is 38.1. The topological polar surface area (TPSA) is 92.7 Å². The van der Waals surface area contributed by atoms with Crippen molar-refractivity contribution in [2.75, 3.05) is 26.2 Å². The average Bonchev–Trinajstić information content (AvgIpc) is 3.15. The molecule has 0 aromatic carbocycles. The number of amides is 2. The molecule has 1 aliphatic rings. The van der Waals surface area contributed by atoms with Crippen LogP contribution in [0.15, 0.2) is 8.83 Å². The summed E-state index contributed by atoms with van der Waals surface area (Å²) in [6.45, 7) is 13.5. The minimum absolute atomic E-state index is 0.119. The van der Waals surface area contributed by atoms with Crippen molar-refractivity contribution in [1.82, 2.24) is 19.8 Å². The van der Waals surface area contributed by atoms with Gasteiger partial charge in [0.1, 0.15) is 0 Å². The van der Waals surface area contributed by atoms with Crippen molar-refractivity contribution in [2.24, 2.45) is 0 Å². The Morgan fingerprint density at radius 1 is 0.759 bits per heavy atom. The van der Waals surface area contributed by atoms with Crippen molar-refractivity contribution in [3.8, 4) is 0 Å². The van der Waals surface area contributed by atoms with Crippen LogP contribution in [0.3, 0.4) is 0 Å². The fourth-order valence-corrected chi connectivity index (χ4v) is 3.34. The summed E-state index contributed by atoms with van der Waals surface area (Å²) < 4.78 is 11.4. The van der Waals surface area contributed by atoms with Gasteiger partial charge >= 0.3 is 0 Å². The van der Waals surface area contributed by atoms with Gasteiger partial charge in [-0.25, -0.2) is 9.97 Å². The fraction of sp³-hybridized carbons (Fsp3) is 0.619. The van der Waals surface area contributed by atoms with Crippen LogP contribution < -0.4 is 0 Å². The van der Waals surface area contributed by atoms with Gasteiger partial charge in [0, 0.05) is 38.0 Å². The van der Waals surface area contributed by atoms with Gasteiger partial charge in [-0.1, -0.05) is 27.7 Å². The lowest BCUT2D eigenvalue weighted by atomic mass is 10.2. The van der Waals surface area contributed by atoms with Crippen LogP contribution in [0, 0.1) is 13.8 Å². The van der Waals surface area contributed by atoms with Crippen LogP contribution in [0.1, 0.15) is 90.2 Å². The van der Waals surface area contributed by atoms with E-state index in [1.54, 1.807) is 23.6 Å². The highest BCUT2D eigenvalue weighted by Gasteiger charge is 2.29. The molecule has 1 saturated heterocycles. The molecule has 0 aliphatic carbocycles. The number of hydrogen-bond acceptors (Lipinski definition) is 6. The molecular weight excluding hydrogens is 372 g/mol. The van der Waals surface area contributed by atoms with E-state index in [0.717, 1.165) is 0 Å². The minimum Gasteiger partial charge on any atom is -0.435 e. The fourth-order valence-electron chi connectivity index (χ4n) is 3.34. The maximum atomic E-state index is 12.9. The molecule has 2 aromatic heterocycles. The molecule has 8 nitrogen and oxygen atoms in total. The second-order valence-corrected chi connectivity index (χ2v) is 8.18. The van der Waals surface area contributed by atoms with Gasteiger partial charge in [-0.05, 0) is 20.3 Å². The Morgan fingerprint density at radius 3 is 1.45 bits per heavy atom. The molecule has 0 spiro atoms. The number of carbonyl (C=O) groups is 2. The number of oxazole rings is 2. The van der Waals surface area contributed by atoms with Gasteiger partial charge < -0.3 is 18.6 Å². The monoisotopic (exact) mass is 402 g/mol. The van der Waals surface area contributed by atoms with Crippen molar-refractivity contribution in [3.05, 3.63) is 34.7 Å². The molecule has 2 aromatic rings. The van der Waals surface area contributed by atoms with E-state index in [4.69, 9.17) is 8.83 Å². The zero-order valence-electron chi connectivity index (χ0n) is 18.1. The SMILES string of the molecule is Cc1nc(C(C)C)oc1C(=O)N1CCCN(C(=O)c2oc(C(C)C)nc2C)CC1. The predicted octanol–water partition coefficient (Wildman–Crippen LogP) is 3.51. The van der Waals surface area contributed by atoms with E-state index in [1.165, 1.54) is 0 Å². The van der Waals surface area contributed by atoms with Crippen LogP contribution in [0.5, 0.6) is 0 Å². The highest BCUT2D eigenvalue weighted by Crippen LogP contribution is 2.22. The van der Waals surface area contributed by atoms with Crippen LogP contribution in [0.25, 0.3) is 0 Å². The van der Waals surface area contributed by atoms with Gasteiger partial charge in [-0.2, -0.15) is 0 Å². The molecule has 158 valence electrons. The second-order valence-electron chi connectivity index (χ2n) is 8.18. The standard InChI is InChI=1S/C21H30N4O4/c1-12(2)18-22-14(5)16(28-18)20(26)24-8-7-9-25(11-10-24)21(27)17-15(6)23-19(29-17)13(3)4/h12-13H,7-11H2,1-6H3. The van der Waals surface area contributed by atoms with Gasteiger partial charge in [-0.3, -0.25) is 9.59 Å². The summed E-state index contributed by atoms with van der Waals surface area (Å²) >= 11 is 0. The van der Waals surface area contributed by atoms with Crippen LogP contribution in [-0.2, 0) is 0 Å². The predicted molar refractivity (Wildman–Crippen MR) is 107 cm³/mol. The van der Waals surface area contributed by atoms with Gasteiger partial charge in [0.25, 0.3) is 11.8 Å². The van der Waals surface area contributed by atoms with Crippen molar-refractivity contribution in [1.29, 1.82) is 0 Å². The Labute approximate surface area is 171 Å². The first-order chi connectivity index (χ1) is 13.7. The second kappa shape index (κ2) is 8.39. The number of aromatic nitrogens is 2. The molecule has 29 heavy (non-hydrogen) atoms. The zero-order chi connectivity index (χ0) is 21.3. The Hall–Kier alpha value is -2.64. The summed E-state index contributed by atoms with van der Waals surface area (Å²) in [5.74, 6) is 1.62. The highest BCUT2D eigenvalue weighted by molar-refractivity contribution is 5.93. The van der Waals surface area contributed by atoms with E-state index in [1.807, 2.05) is 27.7 Å². The third-order valence-corrected chi connectivity index (χ3v) is 5.07. The quantitative estimate of drug-likeness (QED) is 0.777. The average molecular weight is 402 g/mol. The molecule has 0 unspecified atom stereocenters. The van der Waals surface area contributed by atoms with Gasteiger partial charge in [-0.15, -0.1) is 0 Å². The Kier molecular flexibility index (Phi) is 6.10. The van der Waals surface area contributed by atoms with E-state index in [-0.39, 0.29) is 23.7 Å². The first-order valence-electron chi connectivity index (χ1n) is 10.2. The highest BCUT2D eigenvalue weighted by atomic mass is 16.4. The largest absolute Gasteiger partial charge is 0.435 e. The van der Waals surface area contributed by atoms with Crippen LogP contribution in [0.4, 0.5) is 0 Å².